The molecule has 0 N–H and O–H groups in total. The Hall–Kier alpha value is -0.920. The van der Waals surface area contributed by atoms with Gasteiger partial charge in [0.15, 0.2) is 11.6 Å². The summed E-state index contributed by atoms with van der Waals surface area (Å²) in [4.78, 5) is 0. The van der Waals surface area contributed by atoms with E-state index in [0.717, 1.165) is 25.2 Å². The Balaban J connectivity index is 2.73. The maximum Gasteiger partial charge on any atom is 0.162 e. The monoisotopic (exact) mass is 338 g/mol. The first-order valence-electron chi connectivity index (χ1n) is 9.90. The van der Waals surface area contributed by atoms with E-state index in [0.29, 0.717) is 17.0 Å². The molecule has 3 unspecified atom stereocenters. The van der Waals surface area contributed by atoms with Crippen LogP contribution in [0, 0.1) is 30.4 Å². The molecule has 24 heavy (non-hydrogen) atoms. The van der Waals surface area contributed by atoms with Crippen molar-refractivity contribution in [1.29, 1.82) is 0 Å². The minimum atomic E-state index is -0.675. The summed E-state index contributed by atoms with van der Waals surface area (Å²) in [5, 5.41) is 0. The van der Waals surface area contributed by atoms with Crippen molar-refractivity contribution < 1.29 is 8.78 Å². The topological polar surface area (TPSA) is 0 Å². The minimum Gasteiger partial charge on any atom is -0.203 e. The minimum absolute atomic E-state index is 0.121. The lowest BCUT2D eigenvalue weighted by Gasteiger charge is -2.26. The first kappa shape index (κ1) is 21.1. The molecule has 3 atom stereocenters. The third-order valence-corrected chi connectivity index (χ3v) is 5.60. The van der Waals surface area contributed by atoms with Crippen LogP contribution in [0.25, 0.3) is 0 Å². The van der Waals surface area contributed by atoms with Crippen molar-refractivity contribution in [1.82, 2.24) is 0 Å². The van der Waals surface area contributed by atoms with Gasteiger partial charge in [0, 0.05) is 0 Å². The van der Waals surface area contributed by atoms with Crippen molar-refractivity contribution in [2.24, 2.45) is 11.8 Å². The van der Waals surface area contributed by atoms with E-state index in [2.05, 4.69) is 27.7 Å². The molecular formula is C22H36F2. The van der Waals surface area contributed by atoms with Crippen molar-refractivity contribution in [3.8, 4) is 0 Å². The van der Waals surface area contributed by atoms with Gasteiger partial charge < -0.3 is 0 Å². The molecule has 0 radical (unpaired) electrons. The molecule has 1 aromatic rings. The van der Waals surface area contributed by atoms with Crippen LogP contribution in [0.4, 0.5) is 8.78 Å². The van der Waals surface area contributed by atoms with Gasteiger partial charge in [0.1, 0.15) is 0 Å². The lowest BCUT2D eigenvalue weighted by Crippen LogP contribution is -2.14. The van der Waals surface area contributed by atoms with Crippen molar-refractivity contribution in [3.63, 3.8) is 0 Å². The van der Waals surface area contributed by atoms with E-state index >= 15 is 0 Å². The molecule has 0 amide bonds. The summed E-state index contributed by atoms with van der Waals surface area (Å²) in [7, 11) is 0. The molecule has 0 aliphatic carbocycles. The molecule has 0 fully saturated rings. The van der Waals surface area contributed by atoms with Crippen LogP contribution in [-0.4, -0.2) is 0 Å². The van der Waals surface area contributed by atoms with E-state index in [1.807, 2.05) is 0 Å². The molecule has 0 nitrogen and oxygen atoms in total. The summed E-state index contributed by atoms with van der Waals surface area (Å²) in [6, 6.07) is 3.49. The molecular weight excluding hydrogens is 302 g/mol. The van der Waals surface area contributed by atoms with Crippen molar-refractivity contribution in [2.75, 3.05) is 0 Å². The maximum atomic E-state index is 14.3. The number of hydrogen-bond acceptors (Lipinski definition) is 0. The number of aryl methyl sites for hydroxylation is 1. The summed E-state index contributed by atoms with van der Waals surface area (Å²) < 4.78 is 28.2. The molecule has 2 heteroatoms. The van der Waals surface area contributed by atoms with E-state index < -0.39 is 11.6 Å². The fourth-order valence-corrected chi connectivity index (χ4v) is 3.81. The second-order valence-corrected chi connectivity index (χ2v) is 7.45. The van der Waals surface area contributed by atoms with Gasteiger partial charge in [-0.05, 0) is 55.1 Å². The van der Waals surface area contributed by atoms with Gasteiger partial charge >= 0.3 is 0 Å². The van der Waals surface area contributed by atoms with Crippen LogP contribution in [0.15, 0.2) is 12.1 Å². The molecule has 1 aromatic carbocycles. The molecule has 0 spiro atoms. The standard InChI is InChI=1S/C22H36F2/c1-6-9-11-19(10-7-2)16(4)12-14-18(8-3)20-15-13-17(5)21(23)22(20)24/h13,15-16,18-19H,6-12,14H2,1-5H3. The predicted octanol–water partition coefficient (Wildman–Crippen LogP) is 7.79. The molecule has 0 heterocycles. The molecule has 0 saturated heterocycles. The molecule has 0 saturated carbocycles. The predicted molar refractivity (Wildman–Crippen MR) is 100 cm³/mol. The SMILES string of the molecule is CCCCC(CCC)C(C)CCC(CC)c1ccc(C)c(F)c1F. The first-order chi connectivity index (χ1) is 11.5. The van der Waals surface area contributed by atoms with Crippen LogP contribution in [0.1, 0.15) is 96.1 Å². The number of hydrogen-bond donors (Lipinski definition) is 0. The van der Waals surface area contributed by atoms with Crippen LogP contribution in [0.2, 0.25) is 0 Å². The van der Waals surface area contributed by atoms with Crippen LogP contribution in [-0.2, 0) is 0 Å². The van der Waals surface area contributed by atoms with Gasteiger partial charge in [-0.1, -0.05) is 71.9 Å². The van der Waals surface area contributed by atoms with E-state index in [1.165, 1.54) is 32.1 Å². The molecule has 0 bridgehead atoms. The highest BCUT2D eigenvalue weighted by Gasteiger charge is 2.21. The summed E-state index contributed by atoms with van der Waals surface area (Å²) in [6.45, 7) is 10.5. The maximum absolute atomic E-state index is 14.3. The average molecular weight is 339 g/mol. The fraction of sp³-hybridized carbons (Fsp3) is 0.727. The van der Waals surface area contributed by atoms with E-state index in [4.69, 9.17) is 0 Å². The van der Waals surface area contributed by atoms with Gasteiger partial charge in [-0.25, -0.2) is 8.78 Å². The summed E-state index contributed by atoms with van der Waals surface area (Å²) >= 11 is 0. The second-order valence-electron chi connectivity index (χ2n) is 7.45. The Kier molecular flexibility index (Phi) is 9.54. The molecule has 0 aliphatic rings. The van der Waals surface area contributed by atoms with Crippen LogP contribution >= 0.6 is 0 Å². The highest BCUT2D eigenvalue weighted by molar-refractivity contribution is 5.28. The van der Waals surface area contributed by atoms with Gasteiger partial charge in [-0.15, -0.1) is 0 Å². The molecule has 138 valence electrons. The van der Waals surface area contributed by atoms with Gasteiger partial charge in [-0.2, -0.15) is 0 Å². The van der Waals surface area contributed by atoms with Crippen molar-refractivity contribution >= 4 is 0 Å². The lowest BCUT2D eigenvalue weighted by atomic mass is 9.80. The highest BCUT2D eigenvalue weighted by Crippen LogP contribution is 2.34. The first-order valence-corrected chi connectivity index (χ1v) is 9.90. The average Bonchev–Trinajstić information content (AvgIpc) is 2.58. The summed E-state index contributed by atoms with van der Waals surface area (Å²) in [5.41, 5.74) is 0.954. The van der Waals surface area contributed by atoms with Crippen LogP contribution in [0.5, 0.6) is 0 Å². The van der Waals surface area contributed by atoms with Crippen molar-refractivity contribution in [2.45, 2.75) is 91.9 Å². The zero-order valence-corrected chi connectivity index (χ0v) is 16.3. The van der Waals surface area contributed by atoms with Crippen LogP contribution in [0.3, 0.4) is 0 Å². The molecule has 1 rings (SSSR count). The van der Waals surface area contributed by atoms with Gasteiger partial charge in [-0.3, -0.25) is 0 Å². The third-order valence-electron chi connectivity index (χ3n) is 5.60. The summed E-state index contributed by atoms with van der Waals surface area (Å²) in [6.07, 6.45) is 9.27. The number of halogens is 2. The second kappa shape index (κ2) is 10.8. The van der Waals surface area contributed by atoms with Crippen molar-refractivity contribution in [3.05, 3.63) is 34.9 Å². The Labute approximate surface area is 148 Å². The molecule has 0 aliphatic heterocycles. The zero-order valence-electron chi connectivity index (χ0n) is 16.3. The quantitative estimate of drug-likeness (QED) is 0.386. The largest absolute Gasteiger partial charge is 0.203 e. The van der Waals surface area contributed by atoms with E-state index in [1.54, 1.807) is 19.1 Å². The van der Waals surface area contributed by atoms with E-state index in [-0.39, 0.29) is 5.92 Å². The van der Waals surface area contributed by atoms with Gasteiger partial charge in [0.25, 0.3) is 0 Å². The number of rotatable bonds is 11. The smallest absolute Gasteiger partial charge is 0.162 e. The van der Waals surface area contributed by atoms with E-state index in [9.17, 15) is 8.78 Å². The van der Waals surface area contributed by atoms with Crippen LogP contribution < -0.4 is 0 Å². The Morgan fingerprint density at radius 2 is 1.58 bits per heavy atom. The Morgan fingerprint density at radius 1 is 0.875 bits per heavy atom. The normalized spacial score (nSPS) is 15.3. The van der Waals surface area contributed by atoms with Gasteiger partial charge in [0.05, 0.1) is 0 Å². The summed E-state index contributed by atoms with van der Waals surface area (Å²) in [5.74, 6) is 0.239. The third kappa shape index (κ3) is 5.86. The highest BCUT2D eigenvalue weighted by atomic mass is 19.2. The number of benzene rings is 1. The lowest BCUT2D eigenvalue weighted by molar-refractivity contribution is 0.278. The fourth-order valence-electron chi connectivity index (χ4n) is 3.81. The zero-order chi connectivity index (χ0) is 18.1. The van der Waals surface area contributed by atoms with Gasteiger partial charge in [0.2, 0.25) is 0 Å². The molecule has 0 aromatic heterocycles. The number of unbranched alkanes of at least 4 members (excludes halogenated alkanes) is 1. The Bertz CT molecular complexity index is 481. The Morgan fingerprint density at radius 3 is 2.17 bits per heavy atom.